The Morgan fingerprint density at radius 3 is 1.00 bits per heavy atom. The van der Waals surface area contributed by atoms with Crippen LogP contribution in [0, 0.1) is 0 Å². The van der Waals surface area contributed by atoms with Gasteiger partial charge in [0.25, 0.3) is 0 Å². The van der Waals surface area contributed by atoms with E-state index in [0.717, 1.165) is 152 Å². The van der Waals surface area contributed by atoms with Crippen LogP contribution in [0.25, 0.3) is 32.7 Å². The largest absolute Gasteiger partial charge is 0.530 e. The van der Waals surface area contributed by atoms with E-state index in [-0.39, 0.29) is 0 Å². The van der Waals surface area contributed by atoms with Gasteiger partial charge >= 0.3 is 17.2 Å². The standard InChI is InChI=1S/C58H56O6P2/c1-5-17-41-23-13-27-45-37-46-28-14-24-42(18-6-2)56(46)62-65(61-55(41)45)59-51-35-33-39-21-9-11-31-49(39)53(51)54-50-32-12-10-22-40(50)34-36-52(54)60-66-63-57-43(19-7-3)25-15-29-47(57)38-48-30-16-26-44(20-8-4)58(48)64-66/h9-16,21-36H,5-8,17-20,37-38H2,1-4H3. The molecule has 8 aromatic rings. The molecule has 10 rings (SSSR count). The molecular formula is C58H56O6P2. The molecule has 2 aliphatic rings. The van der Waals surface area contributed by atoms with Crippen LogP contribution in [0.1, 0.15) is 97.9 Å². The third-order valence-corrected chi connectivity index (χ3v) is 14.6. The number of hydrogen-bond acceptors (Lipinski definition) is 6. The molecule has 66 heavy (non-hydrogen) atoms. The molecule has 0 atom stereocenters. The maximum absolute atomic E-state index is 7.28. The summed E-state index contributed by atoms with van der Waals surface area (Å²) < 4.78 is 42.8. The van der Waals surface area contributed by atoms with E-state index in [2.05, 4.69) is 173 Å². The Bertz CT molecular complexity index is 2720. The molecule has 2 aliphatic heterocycles. The van der Waals surface area contributed by atoms with Crippen LogP contribution >= 0.6 is 17.2 Å². The number of rotatable bonds is 13. The van der Waals surface area contributed by atoms with E-state index in [4.69, 9.17) is 27.1 Å². The molecule has 0 saturated carbocycles. The van der Waals surface area contributed by atoms with Crippen molar-refractivity contribution in [3.05, 3.63) is 190 Å². The van der Waals surface area contributed by atoms with Crippen molar-refractivity contribution < 1.29 is 27.1 Å². The van der Waals surface area contributed by atoms with Gasteiger partial charge in [0.05, 0.1) is 0 Å². The minimum atomic E-state index is -2.02. The SMILES string of the molecule is CCCc1cccc2c1OP(Oc1ccc3ccccc3c1-c1c(OP3Oc4c(CCC)cccc4Cc4cccc(CCC)c4O3)ccc3ccccc13)Oc1c(CCC)cccc1C2. The zero-order chi connectivity index (χ0) is 45.0. The second-order valence-electron chi connectivity index (χ2n) is 17.3. The number of hydrogen-bond donors (Lipinski definition) is 0. The Morgan fingerprint density at radius 2 is 0.682 bits per heavy atom. The van der Waals surface area contributed by atoms with E-state index in [0.29, 0.717) is 24.3 Å². The lowest BCUT2D eigenvalue weighted by atomic mass is 9.92. The summed E-state index contributed by atoms with van der Waals surface area (Å²) in [5.41, 5.74) is 10.9. The van der Waals surface area contributed by atoms with Gasteiger partial charge < -0.3 is 27.1 Å². The molecule has 2 heterocycles. The van der Waals surface area contributed by atoms with Crippen molar-refractivity contribution in [3.63, 3.8) is 0 Å². The predicted octanol–water partition coefficient (Wildman–Crippen LogP) is 16.8. The lowest BCUT2D eigenvalue weighted by Gasteiger charge is -2.28. The van der Waals surface area contributed by atoms with E-state index >= 15 is 0 Å². The summed E-state index contributed by atoms with van der Waals surface area (Å²) >= 11 is 0. The highest BCUT2D eigenvalue weighted by Crippen LogP contribution is 2.56. The Hall–Kier alpha value is -6.06. The molecule has 0 fully saturated rings. The first-order valence-electron chi connectivity index (χ1n) is 23.7. The molecule has 0 saturated heterocycles. The van der Waals surface area contributed by atoms with Crippen LogP contribution in [-0.4, -0.2) is 0 Å². The third-order valence-electron chi connectivity index (χ3n) is 12.6. The monoisotopic (exact) mass is 910 g/mol. The average Bonchev–Trinajstić information content (AvgIpc) is 3.32. The van der Waals surface area contributed by atoms with E-state index in [1.165, 1.54) is 0 Å². The summed E-state index contributed by atoms with van der Waals surface area (Å²) in [6, 6.07) is 51.3. The fraction of sp³-hybridized carbons (Fsp3) is 0.241. The zero-order valence-electron chi connectivity index (χ0n) is 38.3. The zero-order valence-corrected chi connectivity index (χ0v) is 40.1. The lowest BCUT2D eigenvalue weighted by molar-refractivity contribution is 0.375. The predicted molar refractivity (Wildman–Crippen MR) is 272 cm³/mol. The lowest BCUT2D eigenvalue weighted by Crippen LogP contribution is -2.12. The summed E-state index contributed by atoms with van der Waals surface area (Å²) in [6.45, 7) is 8.82. The molecule has 0 bridgehead atoms. The highest BCUT2D eigenvalue weighted by molar-refractivity contribution is 7.43. The van der Waals surface area contributed by atoms with Crippen LogP contribution in [0.3, 0.4) is 0 Å². The van der Waals surface area contributed by atoms with Crippen LogP contribution in [0.2, 0.25) is 0 Å². The fourth-order valence-corrected chi connectivity index (χ4v) is 12.0. The Kier molecular flexibility index (Phi) is 13.2. The molecular weight excluding hydrogens is 855 g/mol. The first-order chi connectivity index (χ1) is 32.5. The van der Waals surface area contributed by atoms with Gasteiger partial charge in [0.2, 0.25) is 0 Å². The summed E-state index contributed by atoms with van der Waals surface area (Å²) in [5, 5.41) is 4.15. The van der Waals surface area contributed by atoms with Crippen molar-refractivity contribution in [2.45, 2.75) is 91.9 Å². The van der Waals surface area contributed by atoms with E-state index in [1.54, 1.807) is 0 Å². The van der Waals surface area contributed by atoms with Crippen molar-refractivity contribution in [1.29, 1.82) is 0 Å². The summed E-state index contributed by atoms with van der Waals surface area (Å²) in [5.74, 6) is 4.65. The van der Waals surface area contributed by atoms with Gasteiger partial charge in [-0.15, -0.1) is 0 Å². The van der Waals surface area contributed by atoms with E-state index in [9.17, 15) is 0 Å². The average molecular weight is 911 g/mol. The topological polar surface area (TPSA) is 55.4 Å². The van der Waals surface area contributed by atoms with Crippen molar-refractivity contribution in [2.24, 2.45) is 0 Å². The van der Waals surface area contributed by atoms with Crippen molar-refractivity contribution in [2.75, 3.05) is 0 Å². The van der Waals surface area contributed by atoms with E-state index < -0.39 is 17.2 Å². The molecule has 0 amide bonds. The molecule has 0 radical (unpaired) electrons. The molecule has 8 heteroatoms. The highest BCUT2D eigenvalue weighted by Gasteiger charge is 2.33. The van der Waals surface area contributed by atoms with Gasteiger partial charge in [-0.25, -0.2) is 0 Å². The minimum absolute atomic E-state index is 0.629. The van der Waals surface area contributed by atoms with Crippen LogP contribution in [0.4, 0.5) is 0 Å². The molecule has 0 N–H and O–H groups in total. The molecule has 0 aliphatic carbocycles. The molecule has 8 aromatic carbocycles. The van der Waals surface area contributed by atoms with Crippen molar-refractivity contribution in [3.8, 4) is 45.6 Å². The second kappa shape index (κ2) is 19.8. The van der Waals surface area contributed by atoms with Gasteiger partial charge in [-0.05, 0) is 104 Å². The van der Waals surface area contributed by atoms with Gasteiger partial charge in [0.1, 0.15) is 34.5 Å². The number of para-hydroxylation sites is 4. The summed E-state index contributed by atoms with van der Waals surface area (Å²) in [4.78, 5) is 0. The number of aryl methyl sites for hydroxylation is 4. The Morgan fingerprint density at radius 1 is 0.364 bits per heavy atom. The number of fused-ring (bicyclic) bond motifs is 6. The van der Waals surface area contributed by atoms with Crippen molar-refractivity contribution in [1.82, 2.24) is 0 Å². The summed E-state index contributed by atoms with van der Waals surface area (Å²) in [7, 11) is -4.03. The second-order valence-corrected chi connectivity index (χ2v) is 19.3. The van der Waals surface area contributed by atoms with E-state index in [1.807, 2.05) is 0 Å². The molecule has 0 aromatic heterocycles. The smallest absolute Gasteiger partial charge is 0.408 e. The maximum atomic E-state index is 7.28. The number of benzene rings is 8. The maximum Gasteiger partial charge on any atom is 0.530 e. The van der Waals surface area contributed by atoms with Gasteiger partial charge in [0.15, 0.2) is 0 Å². The molecule has 334 valence electrons. The van der Waals surface area contributed by atoms with Gasteiger partial charge in [-0.2, -0.15) is 0 Å². The summed E-state index contributed by atoms with van der Waals surface area (Å²) in [6.07, 6.45) is 8.91. The van der Waals surface area contributed by atoms with Crippen LogP contribution in [-0.2, 0) is 38.5 Å². The molecule has 0 unspecified atom stereocenters. The van der Waals surface area contributed by atoms with Crippen LogP contribution in [0.15, 0.2) is 146 Å². The quantitative estimate of drug-likeness (QED) is 0.107. The minimum Gasteiger partial charge on any atom is -0.408 e. The first-order valence-corrected chi connectivity index (χ1v) is 25.9. The first kappa shape index (κ1) is 43.8. The fourth-order valence-electron chi connectivity index (χ4n) is 9.59. The third kappa shape index (κ3) is 8.82. The highest BCUT2D eigenvalue weighted by atomic mass is 31.2. The normalized spacial score (nSPS) is 13.6. The van der Waals surface area contributed by atoms with Gasteiger partial charge in [-0.1, -0.05) is 187 Å². The Labute approximate surface area is 391 Å². The van der Waals surface area contributed by atoms with Gasteiger partial charge in [0, 0.05) is 24.0 Å². The molecule has 0 spiro atoms. The van der Waals surface area contributed by atoms with Crippen LogP contribution < -0.4 is 27.1 Å². The molecule has 6 nitrogen and oxygen atoms in total. The van der Waals surface area contributed by atoms with Crippen molar-refractivity contribution >= 4 is 38.7 Å². The van der Waals surface area contributed by atoms with Crippen LogP contribution in [0.5, 0.6) is 34.5 Å². The van der Waals surface area contributed by atoms with Gasteiger partial charge in [-0.3, -0.25) is 0 Å². The Balaban J connectivity index is 1.14.